The van der Waals surface area contributed by atoms with Crippen molar-refractivity contribution in [1.29, 1.82) is 0 Å². The van der Waals surface area contributed by atoms with Gasteiger partial charge in [-0.25, -0.2) is 23.2 Å². The zero-order chi connectivity index (χ0) is 14.5. The lowest BCUT2D eigenvalue weighted by Crippen LogP contribution is -2.68. The van der Waals surface area contributed by atoms with Crippen LogP contribution >= 0.6 is 0 Å². The molecule has 7 heteroatoms. The van der Waals surface area contributed by atoms with Crippen LogP contribution in [-0.2, 0) is 6.54 Å². The van der Waals surface area contributed by atoms with E-state index in [1.165, 1.54) is 5.56 Å². The van der Waals surface area contributed by atoms with Crippen LogP contribution < -0.4 is 23.4 Å². The minimum Gasteiger partial charge on any atom is -0.241 e. The second kappa shape index (κ2) is 6.65. The molecule has 0 bridgehead atoms. The highest BCUT2D eigenvalue weighted by molar-refractivity contribution is 5.13. The summed E-state index contributed by atoms with van der Waals surface area (Å²) in [4.78, 5) is 0. The lowest BCUT2D eigenvalue weighted by Gasteiger charge is -2.17. The van der Waals surface area contributed by atoms with Gasteiger partial charge in [-0.1, -0.05) is 30.3 Å². The van der Waals surface area contributed by atoms with Gasteiger partial charge in [0, 0.05) is 19.4 Å². The molecular weight excluding hydrogens is 274 g/mol. The number of rotatable bonds is 2. The molecule has 6 nitrogen and oxygen atoms in total. The van der Waals surface area contributed by atoms with Crippen LogP contribution in [0.1, 0.15) is 17.0 Å². The Balaban J connectivity index is 0.000000312. The number of halogens is 1. The fraction of sp³-hybridized carbons (Fsp3) is 0.250. The SMILES string of the molecule is Cc1cc(C)[n+](Cc2ccccc2)o1.[O-][Cl+3]([O-])([O-])[O-]. The molecule has 0 saturated carbocycles. The quantitative estimate of drug-likeness (QED) is 0.566. The third kappa shape index (κ3) is 6.90. The Morgan fingerprint density at radius 2 is 1.58 bits per heavy atom. The van der Waals surface area contributed by atoms with Crippen molar-refractivity contribution in [2.24, 2.45) is 0 Å². The Morgan fingerprint density at radius 3 is 2.00 bits per heavy atom. The molecule has 0 spiro atoms. The first kappa shape index (κ1) is 15.6. The summed E-state index contributed by atoms with van der Waals surface area (Å²) in [6, 6.07) is 12.4. The van der Waals surface area contributed by atoms with Crippen LogP contribution in [0.15, 0.2) is 40.9 Å². The molecule has 2 rings (SSSR count). The van der Waals surface area contributed by atoms with Gasteiger partial charge in [-0.2, -0.15) is 0 Å². The van der Waals surface area contributed by atoms with Gasteiger partial charge in [-0.15, -0.1) is 10.2 Å². The fourth-order valence-corrected chi connectivity index (χ4v) is 1.54. The molecule has 0 radical (unpaired) electrons. The molecule has 0 fully saturated rings. The monoisotopic (exact) mass is 287 g/mol. The zero-order valence-corrected chi connectivity index (χ0v) is 11.3. The van der Waals surface area contributed by atoms with E-state index in [-0.39, 0.29) is 0 Å². The molecule has 0 aliphatic heterocycles. The lowest BCUT2D eigenvalue weighted by atomic mass is 10.2. The lowest BCUT2D eigenvalue weighted by molar-refractivity contribution is -2.00. The Kier molecular flexibility index (Phi) is 5.46. The van der Waals surface area contributed by atoms with Gasteiger partial charge in [0.2, 0.25) is 12.2 Å². The Hall–Kier alpha value is -1.44. The van der Waals surface area contributed by atoms with Crippen LogP contribution in [0.25, 0.3) is 0 Å². The summed E-state index contributed by atoms with van der Waals surface area (Å²) in [5.74, 6) is 0.957. The van der Waals surface area contributed by atoms with Crippen molar-refractivity contribution in [3.63, 3.8) is 0 Å². The number of hydrogen-bond donors (Lipinski definition) is 0. The normalized spacial score (nSPS) is 10.8. The van der Waals surface area contributed by atoms with Crippen LogP contribution in [0.2, 0.25) is 0 Å². The van der Waals surface area contributed by atoms with E-state index >= 15 is 0 Å². The number of nitrogens with zero attached hydrogens (tertiary/aromatic N) is 1. The van der Waals surface area contributed by atoms with Gasteiger partial charge < -0.3 is 0 Å². The van der Waals surface area contributed by atoms with E-state index in [9.17, 15) is 0 Å². The number of benzene rings is 1. The summed E-state index contributed by atoms with van der Waals surface area (Å²) in [5, 5.41) is 0. The average molecular weight is 288 g/mol. The molecule has 0 unspecified atom stereocenters. The van der Waals surface area contributed by atoms with E-state index in [0.29, 0.717) is 0 Å². The van der Waals surface area contributed by atoms with E-state index in [4.69, 9.17) is 23.2 Å². The summed E-state index contributed by atoms with van der Waals surface area (Å²) >= 11 is 0. The highest BCUT2D eigenvalue weighted by Gasteiger charge is 2.12. The molecule has 19 heavy (non-hydrogen) atoms. The van der Waals surface area contributed by atoms with Gasteiger partial charge >= 0.3 is 0 Å². The summed E-state index contributed by atoms with van der Waals surface area (Å²) in [6.45, 7) is 4.83. The molecule has 1 heterocycles. The standard InChI is InChI=1S/C12H14NO.ClHO4/c1-10-8-11(2)14-13(10)9-12-6-4-3-5-7-12;2-1(3,4)5/h3-8H,9H2,1-2H3;(H,2,3,4,5)/q+1;/p-1. The Labute approximate surface area is 112 Å². The third-order valence-electron chi connectivity index (χ3n) is 2.23. The van der Waals surface area contributed by atoms with Gasteiger partial charge in [0.05, 0.1) is 6.07 Å². The minimum atomic E-state index is -4.94. The summed E-state index contributed by atoms with van der Waals surface area (Å²) in [5.41, 5.74) is 2.42. The van der Waals surface area contributed by atoms with Gasteiger partial charge in [0.25, 0.3) is 0 Å². The van der Waals surface area contributed by atoms with Crippen molar-refractivity contribution in [2.75, 3.05) is 0 Å². The van der Waals surface area contributed by atoms with E-state index in [0.717, 1.165) is 18.0 Å². The van der Waals surface area contributed by atoms with Crippen molar-refractivity contribution >= 4 is 0 Å². The number of aromatic nitrogens is 1. The van der Waals surface area contributed by atoms with Crippen molar-refractivity contribution in [3.05, 3.63) is 53.4 Å². The molecule has 0 aliphatic carbocycles. The maximum Gasteiger partial charge on any atom is 0.229 e. The molecular formula is C12H14ClNO5. The first-order chi connectivity index (χ1) is 8.75. The van der Waals surface area contributed by atoms with Crippen LogP contribution in [-0.4, -0.2) is 0 Å². The van der Waals surface area contributed by atoms with Gasteiger partial charge in [-0.3, -0.25) is 0 Å². The summed E-state index contributed by atoms with van der Waals surface area (Å²) in [7, 11) is -4.94. The van der Waals surface area contributed by atoms with Crippen molar-refractivity contribution in [2.45, 2.75) is 20.4 Å². The molecule has 104 valence electrons. The first-order valence-corrected chi connectivity index (χ1v) is 6.62. The van der Waals surface area contributed by atoms with Gasteiger partial charge in [0.1, 0.15) is 0 Å². The molecule has 0 saturated heterocycles. The number of hydrogen-bond acceptors (Lipinski definition) is 5. The predicted molar refractivity (Wildman–Crippen MR) is 53.9 cm³/mol. The first-order valence-electron chi connectivity index (χ1n) is 5.39. The van der Waals surface area contributed by atoms with E-state index in [1.54, 1.807) is 0 Å². The smallest absolute Gasteiger partial charge is 0.229 e. The minimum absolute atomic E-state index is 0.806. The molecule has 1 aromatic heterocycles. The molecule has 0 N–H and O–H groups in total. The highest BCUT2D eigenvalue weighted by Crippen LogP contribution is 2.02. The van der Waals surface area contributed by atoms with Crippen molar-refractivity contribution in [1.82, 2.24) is 0 Å². The Bertz CT molecular complexity index is 501. The fourth-order valence-electron chi connectivity index (χ4n) is 1.54. The third-order valence-corrected chi connectivity index (χ3v) is 2.23. The van der Waals surface area contributed by atoms with Crippen LogP contribution in [0.3, 0.4) is 0 Å². The maximum absolute atomic E-state index is 8.49. The van der Waals surface area contributed by atoms with Crippen molar-refractivity contribution < 1.29 is 38.1 Å². The highest BCUT2D eigenvalue weighted by atomic mass is 35.7. The van der Waals surface area contributed by atoms with Gasteiger partial charge in [0.15, 0.2) is 5.76 Å². The van der Waals surface area contributed by atoms with Crippen LogP contribution in [0, 0.1) is 24.1 Å². The van der Waals surface area contributed by atoms with Crippen LogP contribution in [0.4, 0.5) is 0 Å². The van der Waals surface area contributed by atoms with E-state index < -0.39 is 10.2 Å². The summed E-state index contributed by atoms with van der Waals surface area (Å²) in [6.07, 6.45) is 0. The molecule has 2 aromatic rings. The maximum atomic E-state index is 8.49. The van der Waals surface area contributed by atoms with E-state index in [2.05, 4.69) is 19.1 Å². The predicted octanol–water partition coefficient (Wildman–Crippen LogP) is -2.52. The molecule has 1 aromatic carbocycles. The Morgan fingerprint density at radius 1 is 1.05 bits per heavy atom. The van der Waals surface area contributed by atoms with Crippen LogP contribution in [0.5, 0.6) is 0 Å². The summed E-state index contributed by atoms with van der Waals surface area (Å²) < 4.78 is 41.4. The molecule has 0 atom stereocenters. The largest absolute Gasteiger partial charge is 0.241 e. The van der Waals surface area contributed by atoms with Gasteiger partial charge in [-0.05, 0) is 4.74 Å². The molecule has 0 amide bonds. The van der Waals surface area contributed by atoms with E-state index in [1.807, 2.05) is 35.9 Å². The second-order valence-corrected chi connectivity index (χ2v) is 4.64. The second-order valence-electron chi connectivity index (χ2n) is 3.89. The molecule has 0 aliphatic rings. The van der Waals surface area contributed by atoms with Crippen molar-refractivity contribution in [3.8, 4) is 0 Å². The zero-order valence-electron chi connectivity index (χ0n) is 10.5. The topological polar surface area (TPSA) is 109 Å². The number of aryl methyl sites for hydroxylation is 2. The average Bonchev–Trinajstić information content (AvgIpc) is 2.56.